The molecule has 0 bridgehead atoms. The number of carbonyl (C=O) groups is 3. The van der Waals surface area contributed by atoms with Crippen molar-refractivity contribution in [3.8, 4) is 0 Å². The van der Waals surface area contributed by atoms with Crippen LogP contribution in [0.25, 0.3) is 0 Å². The Balaban J connectivity index is 1.86. The zero-order valence-corrected chi connectivity index (χ0v) is 11.8. The van der Waals surface area contributed by atoms with Crippen LogP contribution < -0.4 is 16.4 Å². The zero-order chi connectivity index (χ0) is 15.4. The minimum absolute atomic E-state index is 0.271. The topological polar surface area (TPSA) is 105 Å². The molecule has 0 atom stereocenters. The van der Waals surface area contributed by atoms with E-state index in [4.69, 9.17) is 5.73 Å². The van der Waals surface area contributed by atoms with Gasteiger partial charge < -0.3 is 16.0 Å². The van der Waals surface area contributed by atoms with E-state index in [0.717, 1.165) is 5.56 Å². The Labute approximate surface area is 122 Å². The summed E-state index contributed by atoms with van der Waals surface area (Å²) in [4.78, 5) is 36.0. The summed E-state index contributed by atoms with van der Waals surface area (Å²) in [6, 6.07) is 4.82. The van der Waals surface area contributed by atoms with Gasteiger partial charge in [-0.2, -0.15) is 0 Å². The Kier molecular flexibility index (Phi) is 4.42. The first-order valence-corrected chi connectivity index (χ1v) is 6.70. The number of nitrogens with zero attached hydrogens (tertiary/aromatic N) is 1. The van der Waals surface area contributed by atoms with Crippen molar-refractivity contribution in [2.45, 2.75) is 13.3 Å². The number of hydrogen-bond acceptors (Lipinski definition) is 4. The third kappa shape index (κ3) is 3.71. The van der Waals surface area contributed by atoms with Gasteiger partial charge in [-0.3, -0.25) is 14.9 Å². The second-order valence-electron chi connectivity index (χ2n) is 4.94. The van der Waals surface area contributed by atoms with Crippen LogP contribution in [-0.4, -0.2) is 42.4 Å². The normalized spacial score (nSPS) is 14.8. The van der Waals surface area contributed by atoms with E-state index >= 15 is 0 Å². The van der Waals surface area contributed by atoms with Gasteiger partial charge in [-0.25, -0.2) is 4.79 Å². The van der Waals surface area contributed by atoms with Gasteiger partial charge in [0.2, 0.25) is 5.91 Å². The predicted molar refractivity (Wildman–Crippen MR) is 77.7 cm³/mol. The van der Waals surface area contributed by atoms with Crippen LogP contribution in [0.15, 0.2) is 18.2 Å². The van der Waals surface area contributed by atoms with Gasteiger partial charge in [-0.1, -0.05) is 11.6 Å². The van der Waals surface area contributed by atoms with Gasteiger partial charge >= 0.3 is 6.03 Å². The number of rotatable bonds is 4. The van der Waals surface area contributed by atoms with Crippen LogP contribution in [0.3, 0.4) is 0 Å². The van der Waals surface area contributed by atoms with Crippen molar-refractivity contribution in [3.63, 3.8) is 0 Å². The SMILES string of the molecule is Cc1ccc(N)c(C(=O)NCCN2CCC(=O)NC2=O)c1. The lowest BCUT2D eigenvalue weighted by molar-refractivity contribution is -0.121. The highest BCUT2D eigenvalue weighted by Crippen LogP contribution is 2.13. The summed E-state index contributed by atoms with van der Waals surface area (Å²) in [6.45, 7) is 2.89. The molecule has 1 aliphatic heterocycles. The van der Waals surface area contributed by atoms with Crippen LogP contribution in [-0.2, 0) is 4.79 Å². The van der Waals surface area contributed by atoms with Crippen molar-refractivity contribution in [1.29, 1.82) is 0 Å². The van der Waals surface area contributed by atoms with Crippen molar-refractivity contribution in [3.05, 3.63) is 29.3 Å². The van der Waals surface area contributed by atoms with E-state index in [1.807, 2.05) is 13.0 Å². The van der Waals surface area contributed by atoms with Gasteiger partial charge in [0, 0.05) is 31.7 Å². The third-order valence-corrected chi connectivity index (χ3v) is 3.26. The van der Waals surface area contributed by atoms with E-state index in [2.05, 4.69) is 10.6 Å². The summed E-state index contributed by atoms with van der Waals surface area (Å²) in [6.07, 6.45) is 0.282. The number of carbonyl (C=O) groups excluding carboxylic acids is 3. The van der Waals surface area contributed by atoms with E-state index in [0.29, 0.717) is 30.9 Å². The molecule has 4 N–H and O–H groups in total. The van der Waals surface area contributed by atoms with Crippen molar-refractivity contribution >= 4 is 23.5 Å². The van der Waals surface area contributed by atoms with Crippen LogP contribution in [0, 0.1) is 6.92 Å². The lowest BCUT2D eigenvalue weighted by Crippen LogP contribution is -2.51. The lowest BCUT2D eigenvalue weighted by Gasteiger charge is -2.26. The molecular weight excluding hydrogens is 272 g/mol. The van der Waals surface area contributed by atoms with E-state index in [1.54, 1.807) is 12.1 Å². The molecule has 7 nitrogen and oxygen atoms in total. The van der Waals surface area contributed by atoms with Crippen LogP contribution in [0.2, 0.25) is 0 Å². The van der Waals surface area contributed by atoms with Crippen LogP contribution in [0.5, 0.6) is 0 Å². The molecule has 112 valence electrons. The molecule has 0 aliphatic carbocycles. The molecule has 21 heavy (non-hydrogen) atoms. The molecule has 1 aromatic carbocycles. The maximum Gasteiger partial charge on any atom is 0.324 e. The molecule has 1 fully saturated rings. The number of hydrogen-bond donors (Lipinski definition) is 3. The molecule has 1 aromatic rings. The van der Waals surface area contributed by atoms with Crippen molar-refractivity contribution in [2.75, 3.05) is 25.4 Å². The number of amides is 4. The molecular formula is C14H18N4O3. The third-order valence-electron chi connectivity index (χ3n) is 3.26. The van der Waals surface area contributed by atoms with E-state index in [-0.39, 0.29) is 18.2 Å². The standard InChI is InChI=1S/C14H18N4O3/c1-9-2-3-11(15)10(8-9)13(20)16-5-7-18-6-4-12(19)17-14(18)21/h2-3,8H,4-7,15H2,1H3,(H,16,20)(H,17,19,21). The number of nitrogens with one attached hydrogen (secondary N) is 2. The summed E-state index contributed by atoms with van der Waals surface area (Å²) < 4.78 is 0. The van der Waals surface area contributed by atoms with Gasteiger partial charge in [0.25, 0.3) is 5.91 Å². The number of aryl methyl sites for hydroxylation is 1. The van der Waals surface area contributed by atoms with Crippen LogP contribution in [0.1, 0.15) is 22.3 Å². The van der Waals surface area contributed by atoms with Crippen molar-refractivity contribution in [1.82, 2.24) is 15.5 Å². The van der Waals surface area contributed by atoms with Crippen LogP contribution >= 0.6 is 0 Å². The van der Waals surface area contributed by atoms with Crippen LogP contribution in [0.4, 0.5) is 10.5 Å². The Morgan fingerprint density at radius 1 is 1.43 bits per heavy atom. The second kappa shape index (κ2) is 6.25. The Morgan fingerprint density at radius 2 is 2.19 bits per heavy atom. The molecule has 0 aromatic heterocycles. The predicted octanol–water partition coefficient (Wildman–Crippen LogP) is 0.249. The number of benzene rings is 1. The maximum absolute atomic E-state index is 12.0. The van der Waals surface area contributed by atoms with Gasteiger partial charge in [-0.05, 0) is 19.1 Å². The van der Waals surface area contributed by atoms with Gasteiger partial charge in [0.15, 0.2) is 0 Å². The minimum Gasteiger partial charge on any atom is -0.398 e. The van der Waals surface area contributed by atoms with E-state index in [1.165, 1.54) is 4.90 Å². The molecule has 1 aliphatic rings. The first-order chi connectivity index (χ1) is 9.97. The fraction of sp³-hybridized carbons (Fsp3) is 0.357. The molecule has 1 saturated heterocycles. The summed E-state index contributed by atoms with van der Waals surface area (Å²) in [5.41, 5.74) is 7.56. The minimum atomic E-state index is -0.421. The summed E-state index contributed by atoms with van der Waals surface area (Å²) in [7, 11) is 0. The number of anilines is 1. The first kappa shape index (κ1) is 14.8. The smallest absolute Gasteiger partial charge is 0.324 e. The molecule has 0 saturated carbocycles. The molecule has 1 heterocycles. The molecule has 0 unspecified atom stereocenters. The van der Waals surface area contributed by atoms with Crippen molar-refractivity contribution in [2.24, 2.45) is 0 Å². The molecule has 2 rings (SSSR count). The van der Waals surface area contributed by atoms with Crippen molar-refractivity contribution < 1.29 is 14.4 Å². The molecule has 4 amide bonds. The molecule has 0 spiro atoms. The Bertz CT molecular complexity index is 586. The van der Waals surface area contributed by atoms with E-state index in [9.17, 15) is 14.4 Å². The summed E-state index contributed by atoms with van der Waals surface area (Å²) in [5.74, 6) is -0.544. The zero-order valence-electron chi connectivity index (χ0n) is 11.8. The van der Waals surface area contributed by atoms with Gasteiger partial charge in [-0.15, -0.1) is 0 Å². The average molecular weight is 290 g/mol. The number of nitrogen functional groups attached to an aromatic ring is 1. The van der Waals surface area contributed by atoms with Gasteiger partial charge in [0.1, 0.15) is 0 Å². The molecule has 0 radical (unpaired) electrons. The Morgan fingerprint density at radius 3 is 2.90 bits per heavy atom. The first-order valence-electron chi connectivity index (χ1n) is 6.70. The largest absolute Gasteiger partial charge is 0.398 e. The van der Waals surface area contributed by atoms with E-state index < -0.39 is 6.03 Å². The molecule has 7 heteroatoms. The fourth-order valence-corrected chi connectivity index (χ4v) is 2.08. The summed E-state index contributed by atoms with van der Waals surface area (Å²) >= 11 is 0. The quantitative estimate of drug-likeness (QED) is 0.691. The Hall–Kier alpha value is -2.57. The van der Waals surface area contributed by atoms with Gasteiger partial charge in [0.05, 0.1) is 5.56 Å². The fourth-order valence-electron chi connectivity index (χ4n) is 2.08. The average Bonchev–Trinajstić information content (AvgIpc) is 2.43. The lowest BCUT2D eigenvalue weighted by atomic mass is 10.1. The monoisotopic (exact) mass is 290 g/mol. The number of urea groups is 1. The second-order valence-corrected chi connectivity index (χ2v) is 4.94. The highest BCUT2D eigenvalue weighted by molar-refractivity contribution is 5.99. The maximum atomic E-state index is 12.0. The highest BCUT2D eigenvalue weighted by atomic mass is 16.2. The summed E-state index contributed by atoms with van der Waals surface area (Å²) in [5, 5.41) is 4.95. The highest BCUT2D eigenvalue weighted by Gasteiger charge is 2.22. The number of nitrogens with two attached hydrogens (primary N) is 1. The number of imide groups is 1.